The first-order chi connectivity index (χ1) is 10.1. The molecule has 2 fully saturated rings. The molecule has 0 radical (unpaired) electrons. The summed E-state index contributed by atoms with van der Waals surface area (Å²) in [4.78, 5) is 29.6. The van der Waals surface area contributed by atoms with E-state index in [-0.39, 0.29) is 30.3 Å². The van der Waals surface area contributed by atoms with Crippen molar-refractivity contribution in [2.45, 2.75) is 50.6 Å². The number of carboxylic acids is 1. The second kappa shape index (κ2) is 5.84. The van der Waals surface area contributed by atoms with Crippen molar-refractivity contribution in [3.8, 4) is 0 Å². The fourth-order valence-corrected chi connectivity index (χ4v) is 3.86. The van der Waals surface area contributed by atoms with Gasteiger partial charge in [-0.25, -0.2) is 0 Å². The van der Waals surface area contributed by atoms with Gasteiger partial charge in [-0.3, -0.25) is 14.6 Å². The molecule has 5 nitrogen and oxygen atoms in total. The molecule has 3 heterocycles. The van der Waals surface area contributed by atoms with E-state index in [9.17, 15) is 9.59 Å². The topological polar surface area (TPSA) is 70.5 Å². The smallest absolute Gasteiger partial charge is 0.303 e. The molecule has 2 aliphatic heterocycles. The molecule has 1 amide bonds. The third-order valence-electron chi connectivity index (χ3n) is 4.64. The maximum absolute atomic E-state index is 12.5. The number of hydrogen-bond donors (Lipinski definition) is 1. The summed E-state index contributed by atoms with van der Waals surface area (Å²) in [6, 6.07) is 6.06. The minimum atomic E-state index is -0.729. The van der Waals surface area contributed by atoms with E-state index in [1.807, 2.05) is 23.1 Å². The Morgan fingerprint density at radius 2 is 1.95 bits per heavy atom. The quantitative estimate of drug-likeness (QED) is 0.918. The van der Waals surface area contributed by atoms with Crippen molar-refractivity contribution in [1.29, 1.82) is 0 Å². The van der Waals surface area contributed by atoms with E-state index in [2.05, 4.69) is 4.98 Å². The molecule has 21 heavy (non-hydrogen) atoms. The van der Waals surface area contributed by atoms with Gasteiger partial charge in [0.15, 0.2) is 0 Å². The van der Waals surface area contributed by atoms with Crippen molar-refractivity contribution >= 4 is 11.9 Å². The Bertz CT molecular complexity index is 518. The van der Waals surface area contributed by atoms with Crippen molar-refractivity contribution in [2.24, 2.45) is 5.92 Å². The lowest BCUT2D eigenvalue weighted by atomic mass is 9.88. The number of aromatic nitrogens is 1. The van der Waals surface area contributed by atoms with Crippen molar-refractivity contribution in [1.82, 2.24) is 9.88 Å². The SMILES string of the molecule is O=C(O)CC1CC2CCC(C1)N2C(=O)Cc1ccccn1. The fraction of sp³-hybridized carbons (Fsp3) is 0.562. The highest BCUT2D eigenvalue weighted by Crippen LogP contribution is 2.40. The number of fused-ring (bicyclic) bond motifs is 2. The number of hydrogen-bond acceptors (Lipinski definition) is 3. The van der Waals surface area contributed by atoms with Gasteiger partial charge >= 0.3 is 5.97 Å². The van der Waals surface area contributed by atoms with Crippen LogP contribution in [0.5, 0.6) is 0 Å². The number of amides is 1. The van der Waals surface area contributed by atoms with Crippen LogP contribution in [0, 0.1) is 5.92 Å². The van der Waals surface area contributed by atoms with Gasteiger partial charge in [-0.15, -0.1) is 0 Å². The Labute approximate surface area is 124 Å². The zero-order valence-electron chi connectivity index (χ0n) is 11.9. The second-order valence-corrected chi connectivity index (χ2v) is 6.12. The Morgan fingerprint density at radius 1 is 1.24 bits per heavy atom. The van der Waals surface area contributed by atoms with Crippen molar-refractivity contribution in [2.75, 3.05) is 0 Å². The summed E-state index contributed by atoms with van der Waals surface area (Å²) < 4.78 is 0. The van der Waals surface area contributed by atoms with Gasteiger partial charge < -0.3 is 10.0 Å². The van der Waals surface area contributed by atoms with Crippen LogP contribution in [0.4, 0.5) is 0 Å². The van der Waals surface area contributed by atoms with Crippen molar-refractivity contribution in [3.05, 3.63) is 30.1 Å². The maximum atomic E-state index is 12.5. The van der Waals surface area contributed by atoms with Gasteiger partial charge in [-0.05, 0) is 43.7 Å². The molecule has 1 N–H and O–H groups in total. The van der Waals surface area contributed by atoms with Crippen LogP contribution in [-0.2, 0) is 16.0 Å². The van der Waals surface area contributed by atoms with Gasteiger partial charge in [0.1, 0.15) is 0 Å². The Kier molecular flexibility index (Phi) is 3.90. The standard InChI is InChI=1S/C16H20N2O3/c19-15(10-12-3-1-2-6-17-12)18-13-4-5-14(18)8-11(7-13)9-16(20)21/h1-3,6,11,13-14H,4-5,7-10H2,(H,20,21). The van der Waals surface area contributed by atoms with Crippen molar-refractivity contribution in [3.63, 3.8) is 0 Å². The zero-order chi connectivity index (χ0) is 14.8. The Morgan fingerprint density at radius 3 is 2.52 bits per heavy atom. The summed E-state index contributed by atoms with van der Waals surface area (Å²) >= 11 is 0. The van der Waals surface area contributed by atoms with E-state index in [1.54, 1.807) is 6.20 Å². The van der Waals surface area contributed by atoms with Crippen LogP contribution in [0.1, 0.15) is 37.8 Å². The molecular formula is C16H20N2O3. The number of pyridine rings is 1. The molecule has 2 saturated heterocycles. The number of carbonyl (C=O) groups is 2. The van der Waals surface area contributed by atoms with Crippen LogP contribution >= 0.6 is 0 Å². The molecule has 2 aliphatic rings. The highest BCUT2D eigenvalue weighted by atomic mass is 16.4. The Balaban J connectivity index is 1.65. The molecule has 112 valence electrons. The highest BCUT2D eigenvalue weighted by Gasteiger charge is 2.43. The van der Waals surface area contributed by atoms with Gasteiger partial charge in [0, 0.05) is 30.4 Å². The van der Waals surface area contributed by atoms with E-state index in [0.29, 0.717) is 6.42 Å². The first-order valence-corrected chi connectivity index (χ1v) is 7.56. The average Bonchev–Trinajstić information content (AvgIpc) is 2.71. The normalized spacial score (nSPS) is 27.6. The third-order valence-corrected chi connectivity index (χ3v) is 4.64. The monoisotopic (exact) mass is 288 g/mol. The first-order valence-electron chi connectivity index (χ1n) is 7.56. The van der Waals surface area contributed by atoms with E-state index in [4.69, 9.17) is 5.11 Å². The summed E-state index contributed by atoms with van der Waals surface area (Å²) in [6.45, 7) is 0. The van der Waals surface area contributed by atoms with Crippen molar-refractivity contribution < 1.29 is 14.7 Å². The lowest BCUT2D eigenvalue weighted by Gasteiger charge is -2.38. The van der Waals surface area contributed by atoms with E-state index >= 15 is 0 Å². The van der Waals surface area contributed by atoms with Gasteiger partial charge in [-0.1, -0.05) is 6.07 Å². The summed E-state index contributed by atoms with van der Waals surface area (Å²) in [5, 5.41) is 8.94. The number of carboxylic acid groups (broad SMARTS) is 1. The van der Waals surface area contributed by atoms with Gasteiger partial charge in [0.25, 0.3) is 0 Å². The molecule has 5 heteroatoms. The summed E-state index contributed by atoms with van der Waals surface area (Å²) in [6.07, 6.45) is 5.96. The lowest BCUT2D eigenvalue weighted by Crippen LogP contribution is -2.47. The number of rotatable bonds is 4. The molecule has 2 atom stereocenters. The largest absolute Gasteiger partial charge is 0.481 e. The van der Waals surface area contributed by atoms with Crippen LogP contribution in [0.3, 0.4) is 0 Å². The second-order valence-electron chi connectivity index (χ2n) is 6.12. The molecule has 0 aromatic carbocycles. The minimum Gasteiger partial charge on any atom is -0.481 e. The molecule has 0 saturated carbocycles. The summed E-state index contributed by atoms with van der Waals surface area (Å²) in [7, 11) is 0. The molecule has 2 unspecified atom stereocenters. The average molecular weight is 288 g/mol. The number of aliphatic carboxylic acids is 1. The zero-order valence-corrected chi connectivity index (χ0v) is 11.9. The minimum absolute atomic E-state index is 0.134. The van der Waals surface area contributed by atoms with Gasteiger partial charge in [0.05, 0.1) is 6.42 Å². The number of nitrogens with zero attached hydrogens (tertiary/aromatic N) is 2. The van der Waals surface area contributed by atoms with Gasteiger partial charge in [0.2, 0.25) is 5.91 Å². The first kappa shape index (κ1) is 14.0. The maximum Gasteiger partial charge on any atom is 0.303 e. The molecular weight excluding hydrogens is 268 g/mol. The van der Waals surface area contributed by atoms with E-state index in [1.165, 1.54) is 0 Å². The summed E-state index contributed by atoms with van der Waals surface area (Å²) in [5.74, 6) is -0.374. The van der Waals surface area contributed by atoms with Crippen LogP contribution in [0.25, 0.3) is 0 Å². The molecule has 2 bridgehead atoms. The molecule has 1 aromatic rings. The number of piperidine rings is 1. The van der Waals surface area contributed by atoms with Crippen LogP contribution in [0.15, 0.2) is 24.4 Å². The molecule has 0 spiro atoms. The molecule has 0 aliphatic carbocycles. The Hall–Kier alpha value is -1.91. The van der Waals surface area contributed by atoms with Crippen LogP contribution < -0.4 is 0 Å². The van der Waals surface area contributed by atoms with Crippen LogP contribution in [-0.4, -0.2) is 39.0 Å². The third kappa shape index (κ3) is 3.06. The van der Waals surface area contributed by atoms with E-state index < -0.39 is 5.97 Å². The fourth-order valence-electron chi connectivity index (χ4n) is 3.86. The molecule has 3 rings (SSSR count). The van der Waals surface area contributed by atoms with E-state index in [0.717, 1.165) is 31.4 Å². The lowest BCUT2D eigenvalue weighted by molar-refractivity contribution is -0.139. The van der Waals surface area contributed by atoms with Gasteiger partial charge in [-0.2, -0.15) is 0 Å². The number of carbonyl (C=O) groups excluding carboxylic acids is 1. The molecule has 1 aromatic heterocycles. The van der Waals surface area contributed by atoms with Crippen LogP contribution in [0.2, 0.25) is 0 Å². The predicted molar refractivity (Wildman–Crippen MR) is 76.6 cm³/mol. The highest BCUT2D eigenvalue weighted by molar-refractivity contribution is 5.79. The predicted octanol–water partition coefficient (Wildman–Crippen LogP) is 1.87. The summed E-state index contributed by atoms with van der Waals surface area (Å²) in [5.41, 5.74) is 0.801.